The molecule has 12 fully saturated rings. The Morgan fingerprint density at radius 3 is 0.750 bits per heavy atom. The van der Waals surface area contributed by atoms with Crippen molar-refractivity contribution in [3.63, 3.8) is 0 Å². The van der Waals surface area contributed by atoms with E-state index in [0.717, 1.165) is 187 Å². The fraction of sp³-hybridized carbons (Fsp3) is 0.704. The van der Waals surface area contributed by atoms with Crippen LogP contribution in [0.2, 0.25) is 0 Å². The Morgan fingerprint density at radius 1 is 0.236 bits per heavy atom. The molecule has 8 atom stereocenters. The van der Waals surface area contributed by atoms with Crippen molar-refractivity contribution in [2.75, 3.05) is 53.4 Å². The molecule has 33 heteroatoms. The molecular weight excluding hydrogens is 1890 g/mol. The van der Waals surface area contributed by atoms with Gasteiger partial charge in [-0.15, -0.1) is 0 Å². The Labute approximate surface area is 877 Å². The van der Waals surface area contributed by atoms with Crippen LogP contribution in [0, 0.1) is 23.7 Å². The lowest BCUT2D eigenvalue weighted by Gasteiger charge is -2.24. The van der Waals surface area contributed by atoms with Gasteiger partial charge in [-0.3, -0.25) is 38.4 Å². The maximum Gasteiger partial charge on any atom is 0.408 e. The van der Waals surface area contributed by atoms with E-state index in [0.29, 0.717) is 104 Å². The number of methoxy groups -OCH3 is 1. The number of carbonyl (C=O) groups is 16. The first-order valence-corrected chi connectivity index (χ1v) is 56.4. The maximum absolute atomic E-state index is 11.6. The third-order valence-electron chi connectivity index (χ3n) is 29.6. The van der Waals surface area contributed by atoms with Crippen molar-refractivity contribution in [2.24, 2.45) is 23.7 Å². The number of carbonyl (C=O) groups excluding carboxylic acids is 16. The van der Waals surface area contributed by atoms with Gasteiger partial charge in [-0.1, -0.05) is 273 Å². The molecule has 0 spiro atoms. The van der Waals surface area contributed by atoms with Crippen molar-refractivity contribution in [1.82, 2.24) is 42.5 Å². The second-order valence-electron chi connectivity index (χ2n) is 41.3. The number of rotatable bonds is 48. The molecule has 0 radical (unpaired) electrons. The van der Waals surface area contributed by atoms with Gasteiger partial charge < -0.3 is 85.2 Å². The molecule has 0 unspecified atom stereocenters. The lowest BCUT2D eigenvalue weighted by molar-refractivity contribution is -0.127. The number of amides is 8. The minimum atomic E-state index is -0.537. The van der Waals surface area contributed by atoms with Crippen LogP contribution in [0.3, 0.4) is 0 Å². The molecule has 0 bridgehead atoms. The number of Topliss-reactive ketones (excluding diaryl/α,β-unsaturated/α-hetero) is 8. The number of alkyl carbamates (subject to hydrolysis) is 8. The van der Waals surface area contributed by atoms with E-state index in [1.165, 1.54) is 179 Å². The molecule has 12 aliphatic rings. The lowest BCUT2D eigenvalue weighted by Crippen LogP contribution is -2.47. The van der Waals surface area contributed by atoms with Gasteiger partial charge in [0.05, 0.1) is 102 Å². The molecule has 15 rings (SSSR count). The molecule has 33 nitrogen and oxygen atoms in total. The summed E-state index contributed by atoms with van der Waals surface area (Å²) in [5, 5.41) is 20.6. The molecule has 8 amide bonds. The average Bonchev–Trinajstić information content (AvgIpc) is 0.826. The van der Waals surface area contributed by atoms with Crippen molar-refractivity contribution < 1.29 is 119 Å². The number of hydrogen-bond acceptors (Lipinski definition) is 25. The standard InChI is InChI=1S/C18H17NO3.C16H21NO4.C16H27NO3.2C14H23NO3.C13H21NO3.C13H23NO3.C11H19NO3/c20-17-11-10-16(17)19-18(21)22-12-13-6-8-15(9-7-13)14-4-2-1-3-5-14;1-20-13-7-5-12(6-8-13)4-2-3-11-21-16(19)17-14-9-10-15(14)18;18-15-11-10-14(15)17-16(19)20-12-6-2-5-9-13-7-3-1-4-8-13;16-13-9-8-12(13)15-14(17)18-10-4-3-7-11-5-1-2-6-11;16-13-9-8-12(13)15-14(17)18-10-4-7-11-5-2-1-3-6-11;15-12-8-7-11(12)14-13(16)17-9-3-6-10-4-1-2-5-10;1-2-3-4-5-6-7-10-17-13(16)14-11-8-9-12(11)15;1-2-3-4-5-8-15-11(14)12-9-6-7-10(9)13/h1-9,16H,10-12H2,(H,19,21);5-8,14H,2-4,9-11H2,1H3,(H,17,19);13-14H,1-12H2,(H,17,19);2*11-12H,1-10H2,(H,15,17);10-11H,1-9H2,(H,14,16);11H,2-10H2,1H3,(H,14,16);9H,2-8H2,1H3,(H,12,14)/t16-;2*14-;2*12-;2*11-;9-/m00000000/s1. The zero-order chi connectivity index (χ0) is 106. The maximum atomic E-state index is 11.6. The van der Waals surface area contributed by atoms with Crippen molar-refractivity contribution in [3.8, 4) is 16.9 Å². The number of unbranched alkanes of at least 4 members (excludes halogenated alkanes) is 12. The summed E-state index contributed by atoms with van der Waals surface area (Å²) in [7, 11) is 1.65. The zero-order valence-electron chi connectivity index (χ0n) is 88.8. The number of benzene rings is 3. The lowest BCUT2D eigenvalue weighted by atomic mass is 9.86. The third-order valence-corrected chi connectivity index (χ3v) is 29.6. The minimum Gasteiger partial charge on any atom is -0.497 e. The predicted molar refractivity (Wildman–Crippen MR) is 562 cm³/mol. The number of ketones is 8. The Kier molecular flexibility index (Phi) is 60.4. The van der Waals surface area contributed by atoms with E-state index in [4.69, 9.17) is 42.6 Å². The van der Waals surface area contributed by atoms with Crippen LogP contribution in [0.4, 0.5) is 38.4 Å². The third kappa shape index (κ3) is 51.5. The number of nitrogens with one attached hydrogen (secondary N) is 8. The van der Waals surface area contributed by atoms with Gasteiger partial charge in [-0.05, 0) is 186 Å². The highest BCUT2D eigenvalue weighted by Gasteiger charge is 2.37. The highest BCUT2D eigenvalue weighted by molar-refractivity contribution is 5.96. The molecule has 8 N–H and O–H groups in total. The van der Waals surface area contributed by atoms with Crippen molar-refractivity contribution >= 4 is 95.0 Å². The fourth-order valence-electron chi connectivity index (χ4n) is 18.8. The Morgan fingerprint density at radius 2 is 0.466 bits per heavy atom. The van der Waals surface area contributed by atoms with Gasteiger partial charge in [0, 0.05) is 51.4 Å². The van der Waals surface area contributed by atoms with Gasteiger partial charge in [0.1, 0.15) is 12.4 Å². The van der Waals surface area contributed by atoms with Crippen molar-refractivity contribution in [1.29, 1.82) is 0 Å². The van der Waals surface area contributed by atoms with Gasteiger partial charge in [0.2, 0.25) is 0 Å². The first-order chi connectivity index (χ1) is 71.9. The summed E-state index contributed by atoms with van der Waals surface area (Å²) < 4.78 is 45.5. The largest absolute Gasteiger partial charge is 0.497 e. The fourth-order valence-corrected chi connectivity index (χ4v) is 18.8. The van der Waals surface area contributed by atoms with E-state index in [-0.39, 0.29) is 101 Å². The minimum absolute atomic E-state index is 0.0733. The van der Waals surface area contributed by atoms with Crippen LogP contribution in [0.25, 0.3) is 11.1 Å². The summed E-state index contributed by atoms with van der Waals surface area (Å²) in [6.45, 7) is 7.70. The average molecular weight is 2070 g/mol. The number of ether oxygens (including phenoxy) is 9. The SMILES string of the molecule is CCCCCCCCOC(=O)N[C@H]1CCC1=O.CCCCCCOC(=O)N[C@H]1CCC1=O.COc1ccc(CCCCOC(=O)N[C@H]2CCC2=O)cc1.O=C(N[C@H]1CCC1=O)OCCCC1CCCC1.O=C(N[C@H]1CCC1=O)OCCCC1CCCCC1.O=C(N[C@H]1CCC1=O)OCCCCC1CCCC1.O=C(N[C@H]1CCC1=O)OCCCCCC1CCCCC1.O=C(N[C@H]1CCC1=O)OCc1ccc(-c2ccccc2)cc1. The van der Waals surface area contributed by atoms with Crippen LogP contribution in [-0.2, 0) is 89.3 Å². The summed E-state index contributed by atoms with van der Waals surface area (Å²) >= 11 is 0. The normalized spacial score (nSPS) is 20.8. The molecule has 0 aliphatic heterocycles. The van der Waals surface area contributed by atoms with E-state index >= 15 is 0 Å². The highest BCUT2D eigenvalue weighted by atomic mass is 16.6. The van der Waals surface area contributed by atoms with Gasteiger partial charge in [-0.25, -0.2) is 38.4 Å². The monoisotopic (exact) mass is 2070 g/mol. The molecule has 12 aliphatic carbocycles. The highest BCUT2D eigenvalue weighted by Crippen LogP contribution is 2.33. The molecule has 3 aromatic carbocycles. The second-order valence-corrected chi connectivity index (χ2v) is 41.3. The summed E-state index contributed by atoms with van der Waals surface area (Å²) in [6, 6.07) is 23.5. The van der Waals surface area contributed by atoms with Crippen LogP contribution < -0.4 is 47.3 Å². The van der Waals surface area contributed by atoms with E-state index in [1.807, 2.05) is 66.7 Å². The molecule has 0 saturated heterocycles. The van der Waals surface area contributed by atoms with Gasteiger partial charge in [-0.2, -0.15) is 0 Å². The van der Waals surface area contributed by atoms with E-state index in [2.05, 4.69) is 68.5 Å². The quantitative estimate of drug-likeness (QED) is 0.0192. The van der Waals surface area contributed by atoms with Crippen molar-refractivity contribution in [3.05, 3.63) is 90.0 Å². The summed E-state index contributed by atoms with van der Waals surface area (Å²) in [6.07, 6.45) is 57.9. The molecule has 0 heterocycles. The molecule has 824 valence electrons. The van der Waals surface area contributed by atoms with Crippen LogP contribution in [0.5, 0.6) is 5.75 Å². The number of hydrogen-bond donors (Lipinski definition) is 8. The van der Waals surface area contributed by atoms with Gasteiger partial charge in [0.25, 0.3) is 0 Å². The van der Waals surface area contributed by atoms with E-state index < -0.39 is 48.7 Å². The van der Waals surface area contributed by atoms with Crippen LogP contribution >= 0.6 is 0 Å². The number of aryl methyl sites for hydroxylation is 1. The molecule has 0 aromatic heterocycles. The summed E-state index contributed by atoms with van der Waals surface area (Å²) in [5.41, 5.74) is 4.42. The Hall–Kier alpha value is -11.0. The van der Waals surface area contributed by atoms with Crippen LogP contribution in [0.15, 0.2) is 78.9 Å². The topological polar surface area (TPSA) is 452 Å². The first kappa shape index (κ1) is 122. The van der Waals surface area contributed by atoms with Crippen LogP contribution in [-0.4, -0.2) is 197 Å². The summed E-state index contributed by atoms with van der Waals surface area (Å²) in [5.74, 6) is 5.24. The van der Waals surface area contributed by atoms with Gasteiger partial charge >= 0.3 is 48.7 Å². The molecule has 12 saturated carbocycles. The Balaban J connectivity index is 0.000000207. The zero-order valence-corrected chi connectivity index (χ0v) is 88.8. The predicted octanol–water partition coefficient (Wildman–Crippen LogP) is 22.2. The molecular formula is C115H174N8O25. The van der Waals surface area contributed by atoms with E-state index in [9.17, 15) is 76.7 Å². The smallest absolute Gasteiger partial charge is 0.408 e. The van der Waals surface area contributed by atoms with Crippen molar-refractivity contribution in [2.45, 2.75) is 441 Å². The molecule has 148 heavy (non-hydrogen) atoms. The molecule has 3 aromatic rings. The van der Waals surface area contributed by atoms with E-state index in [1.54, 1.807) is 7.11 Å². The summed E-state index contributed by atoms with van der Waals surface area (Å²) in [4.78, 5) is 179. The second kappa shape index (κ2) is 73.2. The Bertz CT molecular complexity index is 4460. The van der Waals surface area contributed by atoms with Gasteiger partial charge in [0.15, 0.2) is 46.3 Å². The first-order valence-electron chi connectivity index (χ1n) is 56.4. The van der Waals surface area contributed by atoms with Crippen LogP contribution in [0.1, 0.15) is 391 Å².